The van der Waals surface area contributed by atoms with Crippen LogP contribution in [0.15, 0.2) is 15.9 Å². The van der Waals surface area contributed by atoms with E-state index in [4.69, 9.17) is 18.9 Å². The van der Waals surface area contributed by atoms with Crippen LogP contribution in [0.2, 0.25) is 0 Å². The Balaban J connectivity index is 1.39. The van der Waals surface area contributed by atoms with Gasteiger partial charge in [0.2, 0.25) is 0 Å². The van der Waals surface area contributed by atoms with Gasteiger partial charge in [-0.25, -0.2) is 9.78 Å². The molecule has 0 saturated carbocycles. The Morgan fingerprint density at radius 2 is 1.46 bits per heavy atom. The van der Waals surface area contributed by atoms with E-state index in [1.807, 2.05) is 39.2 Å². The van der Waals surface area contributed by atoms with E-state index in [-0.39, 0.29) is 23.5 Å². The highest BCUT2D eigenvalue weighted by atomic mass is 16.7. The van der Waals surface area contributed by atoms with Crippen LogP contribution >= 0.6 is 0 Å². The molecule has 2 aliphatic rings. The predicted molar refractivity (Wildman–Crippen MR) is 131 cm³/mol. The van der Waals surface area contributed by atoms with Crippen molar-refractivity contribution in [1.82, 2.24) is 18.7 Å². The van der Waals surface area contributed by atoms with E-state index in [9.17, 15) is 9.59 Å². The van der Waals surface area contributed by atoms with Crippen LogP contribution < -0.4 is 11.2 Å². The molecule has 2 aromatic heterocycles. The lowest BCUT2D eigenvalue weighted by atomic mass is 10.1. The van der Waals surface area contributed by atoms with Crippen molar-refractivity contribution in [3.8, 4) is 0 Å². The third-order valence-electron chi connectivity index (χ3n) is 6.77. The summed E-state index contributed by atoms with van der Waals surface area (Å²) < 4.78 is 27.8. The third-order valence-corrected chi connectivity index (χ3v) is 6.77. The van der Waals surface area contributed by atoms with Gasteiger partial charge in [0, 0.05) is 19.6 Å². The summed E-state index contributed by atoms with van der Waals surface area (Å²) in [6, 6.07) is 0. The molecule has 10 heteroatoms. The highest BCUT2D eigenvalue weighted by Gasteiger charge is 2.33. The minimum Gasteiger partial charge on any atom is -0.348 e. The van der Waals surface area contributed by atoms with Gasteiger partial charge in [-0.05, 0) is 73.1 Å². The number of imidazole rings is 1. The standard InChI is InChI=1S/C25H40N4O6/c1-6-28-21-20(27(17-26-21)13-9-7-11-18-15-32-24(2,3)34-18)22(30)29(23(28)31)14-10-8-12-19-16-33-25(4,5)35-19/h17-19H,6-16H2,1-5H3. The lowest BCUT2D eigenvalue weighted by molar-refractivity contribution is -0.139. The van der Waals surface area contributed by atoms with Crippen molar-refractivity contribution in [2.45, 2.75) is 117 Å². The molecule has 4 heterocycles. The highest BCUT2D eigenvalue weighted by molar-refractivity contribution is 5.70. The van der Waals surface area contributed by atoms with Crippen molar-refractivity contribution in [2.24, 2.45) is 0 Å². The Bertz CT molecular complexity index is 1130. The zero-order valence-electron chi connectivity index (χ0n) is 21.7. The molecular formula is C25H40N4O6. The van der Waals surface area contributed by atoms with Crippen LogP contribution in [0.3, 0.4) is 0 Å². The molecule has 2 atom stereocenters. The lowest BCUT2D eigenvalue weighted by Crippen LogP contribution is -2.40. The van der Waals surface area contributed by atoms with E-state index < -0.39 is 11.6 Å². The first kappa shape index (κ1) is 26.1. The van der Waals surface area contributed by atoms with E-state index >= 15 is 0 Å². The molecule has 0 N–H and O–H groups in total. The minimum atomic E-state index is -0.533. The summed E-state index contributed by atoms with van der Waals surface area (Å²) in [6.45, 7) is 12.3. The number of ether oxygens (including phenoxy) is 4. The molecule has 2 saturated heterocycles. The summed E-state index contributed by atoms with van der Waals surface area (Å²) in [4.78, 5) is 30.8. The molecule has 0 bridgehead atoms. The molecule has 196 valence electrons. The molecule has 2 unspecified atom stereocenters. The van der Waals surface area contributed by atoms with Crippen molar-refractivity contribution in [3.05, 3.63) is 27.2 Å². The second kappa shape index (κ2) is 10.5. The third kappa shape index (κ3) is 6.04. The van der Waals surface area contributed by atoms with Crippen LogP contribution in [-0.4, -0.2) is 55.7 Å². The first-order chi connectivity index (χ1) is 16.6. The first-order valence-electron chi connectivity index (χ1n) is 12.9. The average molecular weight is 493 g/mol. The number of aryl methyl sites for hydroxylation is 2. The van der Waals surface area contributed by atoms with Crippen LogP contribution in [0.5, 0.6) is 0 Å². The van der Waals surface area contributed by atoms with Crippen molar-refractivity contribution in [2.75, 3.05) is 13.2 Å². The molecule has 10 nitrogen and oxygen atoms in total. The van der Waals surface area contributed by atoms with Gasteiger partial charge >= 0.3 is 5.69 Å². The molecule has 0 spiro atoms. The molecule has 0 radical (unpaired) electrons. The fourth-order valence-corrected chi connectivity index (χ4v) is 5.00. The second-order valence-electron chi connectivity index (χ2n) is 10.5. The van der Waals surface area contributed by atoms with Crippen LogP contribution in [-0.2, 0) is 38.6 Å². The van der Waals surface area contributed by atoms with Crippen molar-refractivity contribution in [1.29, 1.82) is 0 Å². The zero-order valence-corrected chi connectivity index (χ0v) is 21.7. The van der Waals surface area contributed by atoms with Gasteiger partial charge in [0.15, 0.2) is 22.7 Å². The highest BCUT2D eigenvalue weighted by Crippen LogP contribution is 2.26. The summed E-state index contributed by atoms with van der Waals surface area (Å²) in [5.74, 6) is -1.04. The van der Waals surface area contributed by atoms with Gasteiger partial charge in [0.05, 0.1) is 31.7 Å². The first-order valence-corrected chi connectivity index (χ1v) is 12.9. The lowest BCUT2D eigenvalue weighted by Gasteiger charge is -2.17. The van der Waals surface area contributed by atoms with Gasteiger partial charge in [-0.1, -0.05) is 0 Å². The number of unbranched alkanes of at least 4 members (excludes halogenated alkanes) is 2. The number of hydrogen-bond donors (Lipinski definition) is 0. The Morgan fingerprint density at radius 1 is 0.886 bits per heavy atom. The molecule has 2 aromatic rings. The Kier molecular flexibility index (Phi) is 7.85. The van der Waals surface area contributed by atoms with Gasteiger partial charge in [0.25, 0.3) is 5.56 Å². The van der Waals surface area contributed by atoms with Gasteiger partial charge < -0.3 is 23.5 Å². The Morgan fingerprint density at radius 3 is 1.97 bits per heavy atom. The van der Waals surface area contributed by atoms with Crippen molar-refractivity contribution in [3.63, 3.8) is 0 Å². The van der Waals surface area contributed by atoms with E-state index in [2.05, 4.69) is 4.98 Å². The maximum Gasteiger partial charge on any atom is 0.332 e. The minimum absolute atomic E-state index is 0.0604. The van der Waals surface area contributed by atoms with Gasteiger partial charge in [-0.2, -0.15) is 0 Å². The molecule has 35 heavy (non-hydrogen) atoms. The number of aromatic nitrogens is 4. The van der Waals surface area contributed by atoms with Crippen LogP contribution in [0, 0.1) is 0 Å². The maximum absolute atomic E-state index is 13.4. The summed E-state index contributed by atoms with van der Waals surface area (Å²) in [6.07, 6.45) is 7.01. The maximum atomic E-state index is 13.4. The molecule has 4 rings (SSSR count). The quantitative estimate of drug-likeness (QED) is 0.445. The Labute approximate surface area is 206 Å². The van der Waals surface area contributed by atoms with E-state index in [0.29, 0.717) is 44.0 Å². The zero-order chi connectivity index (χ0) is 25.2. The van der Waals surface area contributed by atoms with Gasteiger partial charge in [-0.15, -0.1) is 0 Å². The number of fused-ring (bicyclic) bond motifs is 1. The van der Waals surface area contributed by atoms with E-state index in [1.54, 1.807) is 10.9 Å². The number of nitrogens with zero attached hydrogens (tertiary/aromatic N) is 4. The summed E-state index contributed by atoms with van der Waals surface area (Å²) in [7, 11) is 0. The second-order valence-corrected chi connectivity index (χ2v) is 10.5. The van der Waals surface area contributed by atoms with Crippen molar-refractivity contribution < 1.29 is 18.9 Å². The fraction of sp³-hybridized carbons (Fsp3) is 0.800. The van der Waals surface area contributed by atoms with E-state index in [1.165, 1.54) is 4.57 Å². The molecule has 2 aliphatic heterocycles. The van der Waals surface area contributed by atoms with Crippen LogP contribution in [0.25, 0.3) is 11.2 Å². The summed E-state index contributed by atoms with van der Waals surface area (Å²) in [5.41, 5.74) is 0.412. The Hall–Kier alpha value is -2.01. The van der Waals surface area contributed by atoms with Gasteiger partial charge in [0.1, 0.15) is 0 Å². The predicted octanol–water partition coefficient (Wildman–Crippen LogP) is 3.02. The monoisotopic (exact) mass is 492 g/mol. The molecule has 0 aliphatic carbocycles. The molecule has 0 amide bonds. The SMILES string of the molecule is CCn1c(=O)n(CCCCC2COC(C)(C)O2)c(=O)c2c1ncn2CCCCC1COC(C)(C)O1. The average Bonchev–Trinajstić information content (AvgIpc) is 3.47. The van der Waals surface area contributed by atoms with E-state index in [0.717, 1.165) is 38.5 Å². The smallest absolute Gasteiger partial charge is 0.332 e. The van der Waals surface area contributed by atoms with Gasteiger partial charge in [-0.3, -0.25) is 13.9 Å². The number of rotatable bonds is 11. The normalized spacial score (nSPS) is 23.5. The largest absolute Gasteiger partial charge is 0.348 e. The number of hydrogen-bond acceptors (Lipinski definition) is 7. The molecule has 0 aromatic carbocycles. The van der Waals surface area contributed by atoms with Crippen LogP contribution in [0.1, 0.15) is 73.1 Å². The van der Waals surface area contributed by atoms with Crippen molar-refractivity contribution >= 4 is 11.2 Å². The topological polar surface area (TPSA) is 98.7 Å². The molecule has 2 fully saturated rings. The van der Waals surface area contributed by atoms with Crippen LogP contribution in [0.4, 0.5) is 0 Å². The summed E-state index contributed by atoms with van der Waals surface area (Å²) >= 11 is 0. The summed E-state index contributed by atoms with van der Waals surface area (Å²) in [5, 5.41) is 0. The molecular weight excluding hydrogens is 452 g/mol. The fourth-order valence-electron chi connectivity index (χ4n) is 5.00.